The molecule has 0 bridgehead atoms. The predicted molar refractivity (Wildman–Crippen MR) is 122 cm³/mol. The molecule has 2 heterocycles. The molecule has 0 saturated heterocycles. The van der Waals surface area contributed by atoms with Crippen LogP contribution in [0.2, 0.25) is 0 Å². The molecule has 2 aromatic heterocycles. The lowest BCUT2D eigenvalue weighted by Crippen LogP contribution is -2.25. The van der Waals surface area contributed by atoms with Crippen LogP contribution >= 0.6 is 11.3 Å². The van der Waals surface area contributed by atoms with E-state index in [-0.39, 0.29) is 11.8 Å². The number of rotatable bonds is 7. The van der Waals surface area contributed by atoms with Gasteiger partial charge in [-0.15, -0.1) is 11.3 Å². The summed E-state index contributed by atoms with van der Waals surface area (Å²) < 4.78 is 5.44. The molecule has 7 heteroatoms. The fourth-order valence-corrected chi connectivity index (χ4v) is 4.99. The van der Waals surface area contributed by atoms with Crippen molar-refractivity contribution in [3.05, 3.63) is 75.9 Å². The minimum atomic E-state index is -0.233. The third-order valence-corrected chi connectivity index (χ3v) is 6.44. The van der Waals surface area contributed by atoms with Gasteiger partial charge in [0.2, 0.25) is 0 Å². The lowest BCUT2D eigenvalue weighted by atomic mass is 9.95. The number of nitrogens with one attached hydrogen (secondary N) is 2. The maximum absolute atomic E-state index is 13.1. The molecule has 3 aromatic rings. The number of ether oxygens (including phenoxy) is 1. The van der Waals surface area contributed by atoms with Crippen LogP contribution in [0, 0.1) is 0 Å². The number of fused-ring (bicyclic) bond motifs is 1. The molecule has 0 atom stereocenters. The number of nitrogens with zero attached hydrogens (tertiary/aromatic N) is 1. The molecule has 160 valence electrons. The highest BCUT2D eigenvalue weighted by molar-refractivity contribution is 7.17. The maximum Gasteiger partial charge on any atom is 0.256 e. The van der Waals surface area contributed by atoms with Gasteiger partial charge in [-0.1, -0.05) is 6.07 Å². The molecule has 31 heavy (non-hydrogen) atoms. The van der Waals surface area contributed by atoms with Gasteiger partial charge in [-0.3, -0.25) is 14.6 Å². The maximum atomic E-state index is 13.1. The van der Waals surface area contributed by atoms with E-state index in [0.717, 1.165) is 42.6 Å². The number of benzene rings is 1. The zero-order valence-electron chi connectivity index (χ0n) is 17.4. The number of pyridine rings is 1. The Bertz CT molecular complexity index is 1060. The summed E-state index contributed by atoms with van der Waals surface area (Å²) in [7, 11) is 0. The van der Waals surface area contributed by atoms with Crippen molar-refractivity contribution in [2.24, 2.45) is 0 Å². The van der Waals surface area contributed by atoms with Gasteiger partial charge in [0.25, 0.3) is 11.8 Å². The van der Waals surface area contributed by atoms with Gasteiger partial charge in [0.15, 0.2) is 0 Å². The normalized spacial score (nSPS) is 12.7. The highest BCUT2D eigenvalue weighted by Gasteiger charge is 2.26. The number of aromatic nitrogens is 1. The zero-order chi connectivity index (χ0) is 21.6. The Morgan fingerprint density at radius 3 is 2.65 bits per heavy atom. The summed E-state index contributed by atoms with van der Waals surface area (Å²) in [5.74, 6) is 0.328. The van der Waals surface area contributed by atoms with Crippen molar-refractivity contribution in [2.45, 2.75) is 39.2 Å². The molecule has 0 saturated carbocycles. The van der Waals surface area contributed by atoms with E-state index >= 15 is 0 Å². The Balaban J connectivity index is 1.54. The summed E-state index contributed by atoms with van der Waals surface area (Å²) in [6.07, 6.45) is 7.41. The molecule has 0 unspecified atom stereocenters. The number of carbonyl (C=O) groups is 2. The fraction of sp³-hybridized carbons (Fsp3) is 0.292. The van der Waals surface area contributed by atoms with Crippen LogP contribution in [0.5, 0.6) is 5.75 Å². The van der Waals surface area contributed by atoms with Gasteiger partial charge in [0, 0.05) is 29.4 Å². The Morgan fingerprint density at radius 1 is 1.10 bits per heavy atom. The van der Waals surface area contributed by atoms with E-state index in [1.165, 1.54) is 16.2 Å². The van der Waals surface area contributed by atoms with Crippen molar-refractivity contribution in [1.82, 2.24) is 10.3 Å². The van der Waals surface area contributed by atoms with Crippen LogP contribution in [0.25, 0.3) is 0 Å². The van der Waals surface area contributed by atoms with Gasteiger partial charge < -0.3 is 15.4 Å². The van der Waals surface area contributed by atoms with Crippen LogP contribution in [0.15, 0.2) is 48.8 Å². The van der Waals surface area contributed by atoms with Gasteiger partial charge in [0.05, 0.1) is 12.2 Å². The summed E-state index contributed by atoms with van der Waals surface area (Å²) in [6.45, 7) is 2.88. The van der Waals surface area contributed by atoms with Gasteiger partial charge in [-0.2, -0.15) is 0 Å². The second-order valence-corrected chi connectivity index (χ2v) is 8.48. The molecule has 0 fully saturated rings. The number of thiophene rings is 1. The van der Waals surface area contributed by atoms with E-state index in [2.05, 4.69) is 15.6 Å². The van der Waals surface area contributed by atoms with Crippen LogP contribution in [-0.4, -0.2) is 23.4 Å². The fourth-order valence-electron chi connectivity index (χ4n) is 3.71. The highest BCUT2D eigenvalue weighted by atomic mass is 32.1. The molecule has 2 N–H and O–H groups in total. The Hall–Kier alpha value is -3.19. The summed E-state index contributed by atoms with van der Waals surface area (Å²) in [5.41, 5.74) is 3.13. The van der Waals surface area contributed by atoms with Crippen molar-refractivity contribution in [2.75, 3.05) is 11.9 Å². The van der Waals surface area contributed by atoms with Gasteiger partial charge in [-0.25, -0.2) is 0 Å². The smallest absolute Gasteiger partial charge is 0.256 e. The molecule has 4 rings (SSSR count). The second-order valence-electron chi connectivity index (χ2n) is 7.37. The number of amides is 2. The van der Waals surface area contributed by atoms with E-state index < -0.39 is 0 Å². The van der Waals surface area contributed by atoms with Gasteiger partial charge in [-0.05, 0) is 74.1 Å². The van der Waals surface area contributed by atoms with Crippen molar-refractivity contribution in [1.29, 1.82) is 0 Å². The molecule has 6 nitrogen and oxygen atoms in total. The summed E-state index contributed by atoms with van der Waals surface area (Å²) in [6, 6.07) is 10.8. The molecule has 1 aliphatic rings. The van der Waals surface area contributed by atoms with Crippen molar-refractivity contribution in [3.63, 3.8) is 0 Å². The SMILES string of the molecule is CCOc1ccc(C(=O)Nc2sc3c(c2C(=O)NCc2cccnc2)CCCC3)cc1. The second kappa shape index (κ2) is 9.75. The number of aryl methyl sites for hydroxylation is 1. The number of carbonyl (C=O) groups excluding carboxylic acids is 2. The van der Waals surface area contributed by atoms with E-state index in [1.54, 1.807) is 36.7 Å². The minimum Gasteiger partial charge on any atom is -0.494 e. The average Bonchev–Trinajstić information content (AvgIpc) is 3.16. The lowest BCUT2D eigenvalue weighted by Gasteiger charge is -2.13. The Labute approximate surface area is 185 Å². The number of hydrogen-bond acceptors (Lipinski definition) is 5. The molecule has 1 aromatic carbocycles. The summed E-state index contributed by atoms with van der Waals surface area (Å²) in [4.78, 5) is 31.3. The molecular weight excluding hydrogens is 410 g/mol. The van der Waals surface area contributed by atoms with Crippen molar-refractivity contribution < 1.29 is 14.3 Å². The van der Waals surface area contributed by atoms with Crippen LogP contribution in [0.1, 0.15) is 56.5 Å². The monoisotopic (exact) mass is 435 g/mol. The number of anilines is 1. The van der Waals surface area contributed by atoms with E-state index in [9.17, 15) is 9.59 Å². The molecule has 0 radical (unpaired) electrons. The third-order valence-electron chi connectivity index (χ3n) is 5.23. The van der Waals surface area contributed by atoms with E-state index in [4.69, 9.17) is 4.74 Å². The molecule has 1 aliphatic carbocycles. The van der Waals surface area contributed by atoms with Gasteiger partial charge in [0.1, 0.15) is 10.8 Å². The summed E-state index contributed by atoms with van der Waals surface area (Å²) >= 11 is 1.52. The Morgan fingerprint density at radius 2 is 1.90 bits per heavy atom. The molecule has 0 spiro atoms. The lowest BCUT2D eigenvalue weighted by molar-refractivity contribution is 0.0951. The molecular formula is C24H25N3O3S. The first-order chi connectivity index (χ1) is 15.2. The topological polar surface area (TPSA) is 80.3 Å². The van der Waals surface area contributed by atoms with Crippen molar-refractivity contribution >= 4 is 28.2 Å². The van der Waals surface area contributed by atoms with Crippen molar-refractivity contribution in [3.8, 4) is 5.75 Å². The van der Waals surface area contributed by atoms with E-state index in [0.29, 0.717) is 29.3 Å². The summed E-state index contributed by atoms with van der Waals surface area (Å²) in [5, 5.41) is 6.59. The van der Waals surface area contributed by atoms with Gasteiger partial charge >= 0.3 is 0 Å². The van der Waals surface area contributed by atoms with Crippen LogP contribution < -0.4 is 15.4 Å². The largest absolute Gasteiger partial charge is 0.494 e. The first-order valence-corrected chi connectivity index (χ1v) is 11.3. The van der Waals surface area contributed by atoms with E-state index in [1.807, 2.05) is 19.1 Å². The van der Waals surface area contributed by atoms with Crippen LogP contribution in [0.3, 0.4) is 0 Å². The number of hydrogen-bond donors (Lipinski definition) is 2. The zero-order valence-corrected chi connectivity index (χ0v) is 18.3. The third kappa shape index (κ3) is 4.94. The standard InChI is InChI=1S/C24H25N3O3S/c1-2-30-18-11-9-17(10-12-18)22(28)27-24-21(19-7-3-4-8-20(19)31-24)23(29)26-15-16-6-5-13-25-14-16/h5-6,9-14H,2-4,7-8,15H2,1H3,(H,26,29)(H,27,28). The predicted octanol–water partition coefficient (Wildman–Crippen LogP) is 4.60. The molecule has 2 amide bonds. The molecule has 0 aliphatic heterocycles. The Kier molecular flexibility index (Phi) is 6.62. The quantitative estimate of drug-likeness (QED) is 0.568. The average molecular weight is 436 g/mol. The van der Waals surface area contributed by atoms with Crippen LogP contribution in [0.4, 0.5) is 5.00 Å². The van der Waals surface area contributed by atoms with Crippen LogP contribution in [-0.2, 0) is 19.4 Å². The minimum absolute atomic E-state index is 0.162. The first-order valence-electron chi connectivity index (χ1n) is 10.5. The first kappa shape index (κ1) is 21.1. The highest BCUT2D eigenvalue weighted by Crippen LogP contribution is 2.38.